The van der Waals surface area contributed by atoms with Gasteiger partial charge in [-0.2, -0.15) is 0 Å². The number of nitrogens with one attached hydrogen (secondary N) is 2. The predicted octanol–water partition coefficient (Wildman–Crippen LogP) is 3.27. The Morgan fingerprint density at radius 1 is 1.12 bits per heavy atom. The maximum absolute atomic E-state index is 12.0. The van der Waals surface area contributed by atoms with Gasteiger partial charge in [0.2, 0.25) is 10.0 Å². The second-order valence-corrected chi connectivity index (χ2v) is 9.85. The zero-order chi connectivity index (χ0) is 17.7. The van der Waals surface area contributed by atoms with E-state index in [0.717, 1.165) is 9.35 Å². The summed E-state index contributed by atoms with van der Waals surface area (Å²) in [6, 6.07) is 10.7. The van der Waals surface area contributed by atoms with Crippen LogP contribution in [0.4, 0.5) is 0 Å². The Morgan fingerprint density at radius 2 is 1.75 bits per heavy atom. The molecule has 0 aliphatic heterocycles. The highest BCUT2D eigenvalue weighted by molar-refractivity contribution is 9.11. The van der Waals surface area contributed by atoms with E-state index in [1.54, 1.807) is 32.0 Å². The Labute approximate surface area is 154 Å². The van der Waals surface area contributed by atoms with Crippen LogP contribution in [-0.2, 0) is 22.3 Å². The number of carbonyl (C=O) groups is 1. The van der Waals surface area contributed by atoms with Gasteiger partial charge < -0.3 is 5.32 Å². The van der Waals surface area contributed by atoms with Gasteiger partial charge in [-0.1, -0.05) is 24.3 Å². The fourth-order valence-corrected chi connectivity index (χ4v) is 4.81. The minimum absolute atomic E-state index is 0.0545. The van der Waals surface area contributed by atoms with Crippen molar-refractivity contribution in [2.24, 2.45) is 0 Å². The van der Waals surface area contributed by atoms with Crippen LogP contribution in [0.15, 0.2) is 40.2 Å². The van der Waals surface area contributed by atoms with Crippen LogP contribution in [0.2, 0.25) is 0 Å². The summed E-state index contributed by atoms with van der Waals surface area (Å²) in [7, 11) is -3.33. The predicted molar refractivity (Wildman–Crippen MR) is 101 cm³/mol. The van der Waals surface area contributed by atoms with Gasteiger partial charge in [0.05, 0.1) is 14.4 Å². The van der Waals surface area contributed by atoms with Crippen molar-refractivity contribution < 1.29 is 13.2 Å². The van der Waals surface area contributed by atoms with Crippen molar-refractivity contribution in [1.82, 2.24) is 10.0 Å². The number of carbonyl (C=O) groups excluding carboxylic acids is 1. The molecule has 1 heterocycles. The molecular weight excluding hydrogens is 412 g/mol. The van der Waals surface area contributed by atoms with E-state index in [4.69, 9.17) is 0 Å². The van der Waals surface area contributed by atoms with Crippen LogP contribution >= 0.6 is 27.3 Å². The van der Waals surface area contributed by atoms with E-state index < -0.39 is 10.0 Å². The SMILES string of the molecule is CC(C)NS(=O)(=O)Cc1ccc(CNC(=O)c2ccc(Br)s2)cc1. The van der Waals surface area contributed by atoms with Gasteiger partial charge >= 0.3 is 0 Å². The molecule has 0 atom stereocenters. The summed E-state index contributed by atoms with van der Waals surface area (Å²) in [6.07, 6.45) is 0. The number of halogens is 1. The molecule has 8 heteroatoms. The summed E-state index contributed by atoms with van der Waals surface area (Å²) in [5.74, 6) is -0.181. The standard InChI is InChI=1S/C16H19BrN2O3S2/c1-11(2)19-24(21,22)10-13-5-3-12(4-6-13)9-18-16(20)14-7-8-15(17)23-14/h3-8,11,19H,9-10H2,1-2H3,(H,18,20). The Balaban J connectivity index is 1.91. The third kappa shape index (κ3) is 6.01. The summed E-state index contributed by atoms with van der Waals surface area (Å²) in [5.41, 5.74) is 1.62. The number of amides is 1. The molecular formula is C16H19BrN2O3S2. The van der Waals surface area contributed by atoms with E-state index in [0.29, 0.717) is 17.0 Å². The Bertz CT molecular complexity index is 799. The van der Waals surface area contributed by atoms with Gasteiger partial charge in [-0.25, -0.2) is 13.1 Å². The van der Waals surface area contributed by atoms with Crippen molar-refractivity contribution in [1.29, 1.82) is 0 Å². The first-order valence-electron chi connectivity index (χ1n) is 7.36. The highest BCUT2D eigenvalue weighted by Crippen LogP contribution is 2.21. The second-order valence-electron chi connectivity index (χ2n) is 5.63. The molecule has 1 aromatic carbocycles. The van der Waals surface area contributed by atoms with Crippen molar-refractivity contribution in [2.75, 3.05) is 0 Å². The molecule has 5 nitrogen and oxygen atoms in total. The third-order valence-electron chi connectivity index (χ3n) is 3.04. The highest BCUT2D eigenvalue weighted by Gasteiger charge is 2.13. The molecule has 0 unspecified atom stereocenters. The van der Waals surface area contributed by atoms with Crippen molar-refractivity contribution >= 4 is 43.2 Å². The quantitative estimate of drug-likeness (QED) is 0.707. The van der Waals surface area contributed by atoms with Gasteiger partial charge in [0.25, 0.3) is 5.91 Å². The van der Waals surface area contributed by atoms with Gasteiger partial charge in [0.15, 0.2) is 0 Å². The highest BCUT2D eigenvalue weighted by atomic mass is 79.9. The van der Waals surface area contributed by atoms with E-state index >= 15 is 0 Å². The zero-order valence-corrected chi connectivity index (χ0v) is 16.6. The Morgan fingerprint density at radius 3 is 2.29 bits per heavy atom. The Hall–Kier alpha value is -1.22. The van der Waals surface area contributed by atoms with E-state index in [-0.39, 0.29) is 17.7 Å². The number of benzene rings is 1. The summed E-state index contributed by atoms with van der Waals surface area (Å²) < 4.78 is 27.3. The lowest BCUT2D eigenvalue weighted by Crippen LogP contribution is -2.31. The van der Waals surface area contributed by atoms with Crippen molar-refractivity contribution in [3.8, 4) is 0 Å². The molecule has 0 aliphatic carbocycles. The minimum atomic E-state index is -3.33. The van der Waals surface area contributed by atoms with Gasteiger partial charge in [-0.05, 0) is 53.0 Å². The molecule has 2 aromatic rings. The van der Waals surface area contributed by atoms with E-state index in [1.807, 2.05) is 18.2 Å². The molecule has 0 spiro atoms. The van der Waals surface area contributed by atoms with Gasteiger partial charge in [-0.15, -0.1) is 11.3 Å². The first-order chi connectivity index (χ1) is 11.2. The molecule has 2 rings (SSSR count). The third-order valence-corrected chi connectivity index (χ3v) is 6.21. The number of sulfonamides is 1. The number of thiophene rings is 1. The fraction of sp³-hybridized carbons (Fsp3) is 0.312. The molecule has 1 aromatic heterocycles. The van der Waals surface area contributed by atoms with Crippen molar-refractivity contribution in [2.45, 2.75) is 32.2 Å². The lowest BCUT2D eigenvalue weighted by molar-refractivity contribution is 0.0955. The number of hydrogen-bond donors (Lipinski definition) is 2. The molecule has 130 valence electrons. The normalized spacial score (nSPS) is 11.7. The van der Waals surface area contributed by atoms with Crippen LogP contribution in [0.1, 0.15) is 34.6 Å². The van der Waals surface area contributed by atoms with Crippen molar-refractivity contribution in [3.63, 3.8) is 0 Å². The lowest BCUT2D eigenvalue weighted by Gasteiger charge is -2.10. The maximum atomic E-state index is 12.0. The monoisotopic (exact) mass is 430 g/mol. The molecule has 24 heavy (non-hydrogen) atoms. The fourth-order valence-electron chi connectivity index (χ4n) is 2.08. The molecule has 0 fully saturated rings. The van der Waals surface area contributed by atoms with Crippen LogP contribution in [0.3, 0.4) is 0 Å². The largest absolute Gasteiger partial charge is 0.347 e. The van der Waals surface area contributed by atoms with Gasteiger partial charge in [0, 0.05) is 12.6 Å². The maximum Gasteiger partial charge on any atom is 0.261 e. The average Bonchev–Trinajstić information content (AvgIpc) is 2.91. The van der Waals surface area contributed by atoms with E-state index in [9.17, 15) is 13.2 Å². The molecule has 0 radical (unpaired) electrons. The van der Waals surface area contributed by atoms with Crippen LogP contribution in [0.25, 0.3) is 0 Å². The molecule has 0 bridgehead atoms. The zero-order valence-electron chi connectivity index (χ0n) is 13.4. The first-order valence-corrected chi connectivity index (χ1v) is 10.6. The molecule has 1 amide bonds. The number of hydrogen-bond acceptors (Lipinski definition) is 4. The first kappa shape index (κ1) is 19.1. The average molecular weight is 431 g/mol. The Kier molecular flexibility index (Phi) is 6.56. The molecule has 0 aliphatic rings. The summed E-state index contributed by atoms with van der Waals surface area (Å²) in [4.78, 5) is 12.6. The summed E-state index contributed by atoms with van der Waals surface area (Å²) >= 11 is 4.70. The van der Waals surface area contributed by atoms with Gasteiger partial charge in [-0.3, -0.25) is 4.79 Å². The van der Waals surface area contributed by atoms with Crippen molar-refractivity contribution in [3.05, 3.63) is 56.2 Å². The lowest BCUT2D eigenvalue weighted by atomic mass is 10.1. The molecule has 0 saturated carbocycles. The van der Waals surface area contributed by atoms with Crippen LogP contribution in [0, 0.1) is 0 Å². The van der Waals surface area contributed by atoms with E-state index in [1.165, 1.54) is 11.3 Å². The topological polar surface area (TPSA) is 75.3 Å². The van der Waals surface area contributed by atoms with Gasteiger partial charge in [0.1, 0.15) is 0 Å². The summed E-state index contributed by atoms with van der Waals surface area (Å²) in [5, 5.41) is 2.84. The summed E-state index contributed by atoms with van der Waals surface area (Å²) in [6.45, 7) is 3.97. The smallest absolute Gasteiger partial charge is 0.261 e. The van der Waals surface area contributed by atoms with Crippen LogP contribution < -0.4 is 10.0 Å². The van der Waals surface area contributed by atoms with Crippen LogP contribution in [0.5, 0.6) is 0 Å². The second kappa shape index (κ2) is 8.24. The van der Waals surface area contributed by atoms with E-state index in [2.05, 4.69) is 26.0 Å². The molecule has 0 saturated heterocycles. The van der Waals surface area contributed by atoms with Crippen LogP contribution in [-0.4, -0.2) is 20.4 Å². The minimum Gasteiger partial charge on any atom is -0.347 e. The number of rotatable bonds is 7. The molecule has 2 N–H and O–H groups in total.